The maximum Gasteiger partial charge on any atom is 0.316 e. The van der Waals surface area contributed by atoms with Crippen LogP contribution >= 0.6 is 0 Å². The third kappa shape index (κ3) is 3.71. The Balaban J connectivity index is 1.26. The minimum Gasteiger partial charge on any atom is -0.460 e. The first-order valence-electron chi connectivity index (χ1n) is 9.30. The summed E-state index contributed by atoms with van der Waals surface area (Å²) in [6, 6.07) is 8.70. The summed E-state index contributed by atoms with van der Waals surface area (Å²) in [5.74, 6) is -1.17. The third-order valence-corrected chi connectivity index (χ3v) is 5.03. The van der Waals surface area contributed by atoms with Gasteiger partial charge in [0.25, 0.3) is 11.8 Å². The Morgan fingerprint density at radius 2 is 1.61 bits per heavy atom. The molecule has 28 heavy (non-hydrogen) atoms. The van der Waals surface area contributed by atoms with Gasteiger partial charge in [0.05, 0.1) is 11.1 Å². The first-order valence-corrected chi connectivity index (χ1v) is 9.30. The van der Waals surface area contributed by atoms with Gasteiger partial charge in [-0.2, -0.15) is 0 Å². The van der Waals surface area contributed by atoms with E-state index in [-0.39, 0.29) is 24.6 Å². The van der Waals surface area contributed by atoms with Crippen molar-refractivity contribution in [2.45, 2.75) is 37.8 Å². The SMILES string of the molecule is O=C(CN1C(=O)c2ccccc2C1=O)NC1CCC(Oc2ncccn2)CC1. The second-order valence-corrected chi connectivity index (χ2v) is 6.93. The van der Waals surface area contributed by atoms with E-state index in [1.54, 1.807) is 42.7 Å². The molecule has 0 bridgehead atoms. The van der Waals surface area contributed by atoms with Crippen LogP contribution in [0.4, 0.5) is 0 Å². The van der Waals surface area contributed by atoms with Crippen LogP contribution in [0.2, 0.25) is 0 Å². The number of carbonyl (C=O) groups excluding carboxylic acids is 3. The van der Waals surface area contributed by atoms with Crippen LogP contribution in [0.25, 0.3) is 0 Å². The number of hydrogen-bond donors (Lipinski definition) is 1. The Kier molecular flexibility index (Phi) is 5.01. The molecule has 1 saturated carbocycles. The zero-order valence-electron chi connectivity index (χ0n) is 15.2. The quantitative estimate of drug-likeness (QED) is 0.791. The van der Waals surface area contributed by atoms with Gasteiger partial charge in [-0.05, 0) is 43.9 Å². The third-order valence-electron chi connectivity index (χ3n) is 5.03. The lowest BCUT2D eigenvalue weighted by Gasteiger charge is -2.29. The Morgan fingerprint density at radius 1 is 1.00 bits per heavy atom. The first kappa shape index (κ1) is 18.1. The standard InChI is InChI=1S/C20H20N4O4/c25-17(12-24-18(26)15-4-1-2-5-16(15)19(24)27)23-13-6-8-14(9-7-13)28-20-21-10-3-11-22-20/h1-5,10-11,13-14H,6-9,12H2,(H,23,25). The fraction of sp³-hybridized carbons (Fsp3) is 0.350. The summed E-state index contributed by atoms with van der Waals surface area (Å²) in [6.07, 6.45) is 6.34. The number of ether oxygens (including phenoxy) is 1. The number of rotatable bonds is 5. The van der Waals surface area contributed by atoms with Gasteiger partial charge in [-0.3, -0.25) is 19.3 Å². The predicted octanol–water partition coefficient (Wildman–Crippen LogP) is 1.58. The summed E-state index contributed by atoms with van der Waals surface area (Å²) in [5, 5.41) is 2.93. The topological polar surface area (TPSA) is 101 Å². The second kappa shape index (κ2) is 7.75. The highest BCUT2D eigenvalue weighted by Gasteiger charge is 2.36. The number of nitrogens with zero attached hydrogens (tertiary/aromatic N) is 3. The van der Waals surface area contributed by atoms with Crippen molar-refractivity contribution < 1.29 is 19.1 Å². The molecule has 1 aliphatic carbocycles. The molecule has 2 heterocycles. The minimum absolute atomic E-state index is 0.000718. The molecule has 8 heteroatoms. The fourth-order valence-corrected chi connectivity index (χ4v) is 3.62. The molecule has 4 rings (SSSR count). The molecular formula is C20H20N4O4. The molecule has 2 aromatic rings. The summed E-state index contributed by atoms with van der Waals surface area (Å²) in [7, 11) is 0. The van der Waals surface area contributed by atoms with Crippen molar-refractivity contribution in [3.05, 3.63) is 53.9 Å². The maximum atomic E-state index is 12.4. The highest BCUT2D eigenvalue weighted by molar-refractivity contribution is 6.22. The van der Waals surface area contributed by atoms with Crippen molar-refractivity contribution >= 4 is 17.7 Å². The second-order valence-electron chi connectivity index (χ2n) is 6.93. The van der Waals surface area contributed by atoms with Gasteiger partial charge in [-0.15, -0.1) is 0 Å². The summed E-state index contributed by atoms with van der Waals surface area (Å²) in [5.41, 5.74) is 0.696. The zero-order chi connectivity index (χ0) is 19.5. The monoisotopic (exact) mass is 380 g/mol. The number of carbonyl (C=O) groups is 3. The Bertz CT molecular complexity index is 859. The predicted molar refractivity (Wildman–Crippen MR) is 98.7 cm³/mol. The van der Waals surface area contributed by atoms with Gasteiger partial charge in [-0.1, -0.05) is 12.1 Å². The van der Waals surface area contributed by atoms with Gasteiger partial charge >= 0.3 is 6.01 Å². The van der Waals surface area contributed by atoms with Crippen molar-refractivity contribution in [3.8, 4) is 6.01 Å². The van der Waals surface area contributed by atoms with Crippen LogP contribution in [0.5, 0.6) is 6.01 Å². The summed E-state index contributed by atoms with van der Waals surface area (Å²) in [4.78, 5) is 46.2. The molecule has 3 amide bonds. The largest absolute Gasteiger partial charge is 0.460 e. The van der Waals surface area contributed by atoms with Gasteiger partial charge < -0.3 is 10.1 Å². The van der Waals surface area contributed by atoms with E-state index in [2.05, 4.69) is 15.3 Å². The molecule has 0 radical (unpaired) electrons. The van der Waals surface area contributed by atoms with Crippen LogP contribution in [0, 0.1) is 0 Å². The van der Waals surface area contributed by atoms with Crippen molar-refractivity contribution in [3.63, 3.8) is 0 Å². The molecule has 0 atom stereocenters. The molecule has 1 aromatic carbocycles. The Hall–Kier alpha value is -3.29. The van der Waals surface area contributed by atoms with Crippen molar-refractivity contribution in [1.29, 1.82) is 0 Å². The highest BCUT2D eigenvalue weighted by Crippen LogP contribution is 2.23. The van der Waals surface area contributed by atoms with Gasteiger partial charge in [0.1, 0.15) is 12.6 Å². The van der Waals surface area contributed by atoms with Crippen LogP contribution in [0.3, 0.4) is 0 Å². The number of benzene rings is 1. The van der Waals surface area contributed by atoms with Crippen LogP contribution in [-0.2, 0) is 4.79 Å². The lowest BCUT2D eigenvalue weighted by molar-refractivity contribution is -0.122. The van der Waals surface area contributed by atoms with Gasteiger partial charge in [0, 0.05) is 18.4 Å². The van der Waals surface area contributed by atoms with Crippen LogP contribution in [0.15, 0.2) is 42.7 Å². The fourth-order valence-electron chi connectivity index (χ4n) is 3.62. The molecular weight excluding hydrogens is 360 g/mol. The number of aromatic nitrogens is 2. The average molecular weight is 380 g/mol. The van der Waals surface area contributed by atoms with E-state index < -0.39 is 11.8 Å². The molecule has 1 N–H and O–H groups in total. The van der Waals surface area contributed by atoms with Crippen LogP contribution in [0.1, 0.15) is 46.4 Å². The molecule has 1 fully saturated rings. The number of fused-ring (bicyclic) bond motifs is 1. The van der Waals surface area contributed by atoms with E-state index in [1.165, 1.54) is 0 Å². The van der Waals surface area contributed by atoms with E-state index in [0.29, 0.717) is 17.1 Å². The molecule has 2 aliphatic rings. The highest BCUT2D eigenvalue weighted by atomic mass is 16.5. The van der Waals surface area contributed by atoms with Crippen molar-refractivity contribution in [1.82, 2.24) is 20.2 Å². The van der Waals surface area contributed by atoms with Crippen molar-refractivity contribution in [2.75, 3.05) is 6.54 Å². The maximum absolute atomic E-state index is 12.4. The lowest BCUT2D eigenvalue weighted by Crippen LogP contribution is -2.45. The molecule has 0 unspecified atom stereocenters. The number of nitrogens with one attached hydrogen (secondary N) is 1. The van der Waals surface area contributed by atoms with E-state index >= 15 is 0 Å². The van der Waals surface area contributed by atoms with E-state index in [0.717, 1.165) is 30.6 Å². The molecule has 0 spiro atoms. The van der Waals surface area contributed by atoms with Crippen LogP contribution in [-0.4, -0.2) is 51.3 Å². The molecule has 1 aromatic heterocycles. The Morgan fingerprint density at radius 3 is 2.21 bits per heavy atom. The number of amides is 3. The molecule has 1 aliphatic heterocycles. The van der Waals surface area contributed by atoms with E-state index in [1.807, 2.05) is 0 Å². The average Bonchev–Trinajstić information content (AvgIpc) is 2.95. The molecule has 144 valence electrons. The van der Waals surface area contributed by atoms with Gasteiger partial charge in [0.2, 0.25) is 5.91 Å². The number of imide groups is 1. The number of hydrogen-bond acceptors (Lipinski definition) is 6. The summed E-state index contributed by atoms with van der Waals surface area (Å²) >= 11 is 0. The molecule has 8 nitrogen and oxygen atoms in total. The lowest BCUT2D eigenvalue weighted by atomic mass is 9.93. The van der Waals surface area contributed by atoms with Crippen molar-refractivity contribution in [2.24, 2.45) is 0 Å². The van der Waals surface area contributed by atoms with Gasteiger partial charge in [-0.25, -0.2) is 9.97 Å². The van der Waals surface area contributed by atoms with Crippen LogP contribution < -0.4 is 10.1 Å². The molecule has 0 saturated heterocycles. The Labute approximate surface area is 161 Å². The summed E-state index contributed by atoms with van der Waals surface area (Å²) < 4.78 is 5.75. The van der Waals surface area contributed by atoms with E-state index in [9.17, 15) is 14.4 Å². The zero-order valence-corrected chi connectivity index (χ0v) is 15.2. The first-order chi connectivity index (χ1) is 13.6. The minimum atomic E-state index is -0.421. The normalized spacial score (nSPS) is 21.4. The van der Waals surface area contributed by atoms with Gasteiger partial charge in [0.15, 0.2) is 0 Å². The smallest absolute Gasteiger partial charge is 0.316 e. The summed E-state index contributed by atoms with van der Waals surface area (Å²) in [6.45, 7) is -0.263. The van der Waals surface area contributed by atoms with E-state index in [4.69, 9.17) is 4.74 Å².